The van der Waals surface area contributed by atoms with Gasteiger partial charge in [0.15, 0.2) is 0 Å². The molecule has 0 bridgehead atoms. The normalized spacial score (nSPS) is 10.3. The summed E-state index contributed by atoms with van der Waals surface area (Å²) in [6, 6.07) is 2.06. The first-order valence-electron chi connectivity index (χ1n) is 4.90. The summed E-state index contributed by atoms with van der Waals surface area (Å²) in [5.41, 5.74) is 4.32. The minimum atomic E-state index is 0.723. The highest BCUT2D eigenvalue weighted by Gasteiger charge is 2.00. The summed E-state index contributed by atoms with van der Waals surface area (Å²) >= 11 is 0. The van der Waals surface area contributed by atoms with Gasteiger partial charge in [-0.25, -0.2) is 4.98 Å². The third-order valence-electron chi connectivity index (χ3n) is 2.27. The topological polar surface area (TPSA) is 53.6 Å². The van der Waals surface area contributed by atoms with Gasteiger partial charge >= 0.3 is 0 Å². The second kappa shape index (κ2) is 4.13. The van der Waals surface area contributed by atoms with Gasteiger partial charge in [-0.2, -0.15) is 0 Å². The average molecular weight is 202 g/mol. The van der Waals surface area contributed by atoms with Crippen molar-refractivity contribution in [3.63, 3.8) is 0 Å². The molecule has 0 aliphatic heterocycles. The lowest BCUT2D eigenvalue weighted by Crippen LogP contribution is -2.01. The number of aromatic amines is 1. The molecule has 2 N–H and O–H groups in total. The van der Waals surface area contributed by atoms with E-state index in [0.717, 1.165) is 29.2 Å². The van der Waals surface area contributed by atoms with E-state index < -0.39 is 0 Å². The van der Waals surface area contributed by atoms with Crippen LogP contribution in [0.2, 0.25) is 0 Å². The average Bonchev–Trinajstić information content (AvgIpc) is 2.61. The van der Waals surface area contributed by atoms with Gasteiger partial charge in [0.2, 0.25) is 0 Å². The Morgan fingerprint density at radius 3 is 2.87 bits per heavy atom. The minimum absolute atomic E-state index is 0.723. The molecular formula is C11H14N4. The van der Waals surface area contributed by atoms with E-state index in [9.17, 15) is 0 Å². The maximum atomic E-state index is 4.21. The quantitative estimate of drug-likeness (QED) is 0.800. The number of H-pyrrole nitrogens is 1. The van der Waals surface area contributed by atoms with Gasteiger partial charge in [0, 0.05) is 18.1 Å². The molecule has 0 saturated carbocycles. The molecule has 4 nitrogen and oxygen atoms in total. The first-order valence-corrected chi connectivity index (χ1v) is 4.90. The molecule has 2 rings (SSSR count). The molecule has 0 aliphatic rings. The summed E-state index contributed by atoms with van der Waals surface area (Å²) in [7, 11) is 0. The van der Waals surface area contributed by atoms with Crippen molar-refractivity contribution in [2.24, 2.45) is 0 Å². The molecule has 2 aromatic rings. The van der Waals surface area contributed by atoms with Crippen LogP contribution in [-0.4, -0.2) is 15.0 Å². The SMILES string of the molecule is Cc1cncc(NCc2nc[nH]c2C)c1. The van der Waals surface area contributed by atoms with Gasteiger partial charge in [0.05, 0.1) is 24.3 Å². The van der Waals surface area contributed by atoms with Crippen molar-refractivity contribution < 1.29 is 0 Å². The fourth-order valence-corrected chi connectivity index (χ4v) is 1.40. The number of nitrogens with one attached hydrogen (secondary N) is 2. The first kappa shape index (κ1) is 9.71. The fourth-order valence-electron chi connectivity index (χ4n) is 1.40. The Morgan fingerprint density at radius 2 is 2.20 bits per heavy atom. The van der Waals surface area contributed by atoms with Crippen LogP contribution in [0.1, 0.15) is 17.0 Å². The molecule has 0 saturated heterocycles. The zero-order valence-electron chi connectivity index (χ0n) is 8.91. The Balaban J connectivity index is 2.02. The van der Waals surface area contributed by atoms with Crippen LogP contribution >= 0.6 is 0 Å². The molecule has 2 aromatic heterocycles. The summed E-state index contributed by atoms with van der Waals surface area (Å²) in [5.74, 6) is 0. The molecule has 0 atom stereocenters. The highest BCUT2D eigenvalue weighted by atomic mass is 15.0. The van der Waals surface area contributed by atoms with Crippen molar-refractivity contribution in [1.29, 1.82) is 0 Å². The molecule has 0 aromatic carbocycles. The molecule has 0 aliphatic carbocycles. The van der Waals surface area contributed by atoms with Crippen LogP contribution in [0, 0.1) is 13.8 Å². The second-order valence-corrected chi connectivity index (χ2v) is 3.58. The van der Waals surface area contributed by atoms with Crippen molar-refractivity contribution in [2.75, 3.05) is 5.32 Å². The summed E-state index contributed by atoms with van der Waals surface area (Å²) < 4.78 is 0. The van der Waals surface area contributed by atoms with Crippen molar-refractivity contribution >= 4 is 5.69 Å². The van der Waals surface area contributed by atoms with Gasteiger partial charge < -0.3 is 10.3 Å². The summed E-state index contributed by atoms with van der Waals surface area (Å²) in [6.07, 6.45) is 5.36. The van der Waals surface area contributed by atoms with Crippen molar-refractivity contribution in [3.8, 4) is 0 Å². The van der Waals surface area contributed by atoms with E-state index in [1.807, 2.05) is 26.2 Å². The summed E-state index contributed by atoms with van der Waals surface area (Å²) in [6.45, 7) is 4.76. The number of anilines is 1. The monoisotopic (exact) mass is 202 g/mol. The first-order chi connectivity index (χ1) is 7.25. The Morgan fingerprint density at radius 1 is 1.33 bits per heavy atom. The zero-order valence-corrected chi connectivity index (χ0v) is 8.91. The van der Waals surface area contributed by atoms with Crippen LogP contribution < -0.4 is 5.32 Å². The lowest BCUT2D eigenvalue weighted by atomic mass is 10.3. The van der Waals surface area contributed by atoms with E-state index in [-0.39, 0.29) is 0 Å². The van der Waals surface area contributed by atoms with Crippen LogP contribution in [0.3, 0.4) is 0 Å². The number of hydrogen-bond donors (Lipinski definition) is 2. The number of rotatable bonds is 3. The molecule has 15 heavy (non-hydrogen) atoms. The molecular weight excluding hydrogens is 188 g/mol. The van der Waals surface area contributed by atoms with E-state index in [4.69, 9.17) is 0 Å². The number of nitrogens with zero attached hydrogens (tertiary/aromatic N) is 2. The minimum Gasteiger partial charge on any atom is -0.378 e. The summed E-state index contributed by atoms with van der Waals surface area (Å²) in [4.78, 5) is 11.4. The van der Waals surface area contributed by atoms with E-state index in [2.05, 4.69) is 26.3 Å². The molecule has 0 amide bonds. The van der Waals surface area contributed by atoms with Gasteiger partial charge in [-0.05, 0) is 25.5 Å². The fraction of sp³-hybridized carbons (Fsp3) is 0.273. The Kier molecular flexibility index (Phi) is 2.67. The van der Waals surface area contributed by atoms with Gasteiger partial charge in [0.1, 0.15) is 0 Å². The maximum absolute atomic E-state index is 4.21. The Hall–Kier alpha value is -1.84. The Bertz CT molecular complexity index is 447. The predicted octanol–water partition coefficient (Wildman–Crippen LogP) is 2.03. The smallest absolute Gasteiger partial charge is 0.0925 e. The molecule has 0 fully saturated rings. The van der Waals surface area contributed by atoms with Gasteiger partial charge in [-0.3, -0.25) is 4.98 Å². The number of pyridine rings is 1. The predicted molar refractivity (Wildman–Crippen MR) is 59.6 cm³/mol. The van der Waals surface area contributed by atoms with Gasteiger partial charge in [-0.15, -0.1) is 0 Å². The van der Waals surface area contributed by atoms with Crippen molar-refractivity contribution in [2.45, 2.75) is 20.4 Å². The van der Waals surface area contributed by atoms with Crippen molar-refractivity contribution in [1.82, 2.24) is 15.0 Å². The molecule has 0 unspecified atom stereocenters. The van der Waals surface area contributed by atoms with E-state index in [0.29, 0.717) is 0 Å². The third-order valence-corrected chi connectivity index (χ3v) is 2.27. The van der Waals surface area contributed by atoms with E-state index >= 15 is 0 Å². The van der Waals surface area contributed by atoms with Crippen LogP contribution in [-0.2, 0) is 6.54 Å². The van der Waals surface area contributed by atoms with Crippen LogP contribution in [0.25, 0.3) is 0 Å². The lowest BCUT2D eigenvalue weighted by molar-refractivity contribution is 1.04. The molecule has 2 heterocycles. The number of imidazole rings is 1. The number of hydrogen-bond acceptors (Lipinski definition) is 3. The van der Waals surface area contributed by atoms with Crippen LogP contribution in [0.4, 0.5) is 5.69 Å². The number of aryl methyl sites for hydroxylation is 2. The Labute approximate surface area is 88.8 Å². The van der Waals surface area contributed by atoms with Crippen LogP contribution in [0.15, 0.2) is 24.8 Å². The number of aromatic nitrogens is 3. The maximum Gasteiger partial charge on any atom is 0.0925 e. The molecule has 78 valence electrons. The van der Waals surface area contributed by atoms with E-state index in [1.165, 1.54) is 0 Å². The highest BCUT2D eigenvalue weighted by Crippen LogP contribution is 2.09. The highest BCUT2D eigenvalue weighted by molar-refractivity contribution is 5.42. The molecule has 0 spiro atoms. The second-order valence-electron chi connectivity index (χ2n) is 3.58. The standard InChI is InChI=1S/C11H14N4/c1-8-3-10(5-12-4-8)13-6-11-9(2)14-7-15-11/h3-5,7,13H,6H2,1-2H3,(H,14,15). The van der Waals surface area contributed by atoms with Crippen LogP contribution in [0.5, 0.6) is 0 Å². The molecule has 4 heteroatoms. The molecule has 0 radical (unpaired) electrons. The third kappa shape index (κ3) is 2.34. The van der Waals surface area contributed by atoms with Gasteiger partial charge in [-0.1, -0.05) is 0 Å². The summed E-state index contributed by atoms with van der Waals surface area (Å²) in [5, 5.41) is 3.28. The van der Waals surface area contributed by atoms with Gasteiger partial charge in [0.25, 0.3) is 0 Å². The van der Waals surface area contributed by atoms with Crippen molar-refractivity contribution in [3.05, 3.63) is 41.7 Å². The largest absolute Gasteiger partial charge is 0.378 e. The zero-order chi connectivity index (χ0) is 10.7. The van der Waals surface area contributed by atoms with E-state index in [1.54, 1.807) is 6.33 Å². The lowest BCUT2D eigenvalue weighted by Gasteiger charge is -2.05.